The Morgan fingerprint density at radius 3 is 2.07 bits per heavy atom. The Morgan fingerprint density at radius 2 is 1.55 bits per heavy atom. The average molecular weight is 433 g/mol. The van der Waals surface area contributed by atoms with Gasteiger partial charge in [-0.25, -0.2) is 8.42 Å². The molecule has 0 saturated carbocycles. The number of benzene rings is 2. The first-order chi connectivity index (χ1) is 13.4. The van der Waals surface area contributed by atoms with Crippen LogP contribution < -0.4 is 0 Å². The Hall–Kier alpha value is -1.80. The Bertz CT molecular complexity index is 981. The van der Waals surface area contributed by atoms with Gasteiger partial charge in [0.05, 0.1) is 11.5 Å². The first-order valence-corrected chi connectivity index (χ1v) is 14.0. The molecule has 1 aliphatic heterocycles. The predicted octanol–water partition coefficient (Wildman–Crippen LogP) is 4.46. The van der Waals surface area contributed by atoms with Crippen molar-refractivity contribution in [2.75, 3.05) is 6.61 Å². The number of Topliss-reactive ketones (excluding diaryl/α,β-unsaturated/α-hetero) is 1. The molecule has 29 heavy (non-hydrogen) atoms. The third-order valence-corrected chi connectivity index (χ3v) is 12.6. The molecule has 0 aromatic heterocycles. The topological polar surface area (TPSA) is 73.0 Å². The van der Waals surface area contributed by atoms with Crippen LogP contribution in [0, 0.1) is 0 Å². The summed E-state index contributed by atoms with van der Waals surface area (Å²) >= 11 is 0. The van der Waals surface area contributed by atoms with Crippen LogP contribution in [-0.2, 0) is 19.0 Å². The summed E-state index contributed by atoms with van der Waals surface area (Å²) in [6.07, 6.45) is -0.838. The number of hydrogen-bond donors (Lipinski definition) is 0. The van der Waals surface area contributed by atoms with Gasteiger partial charge in [-0.1, -0.05) is 69.3 Å². The third kappa shape index (κ3) is 3.84. The van der Waals surface area contributed by atoms with Gasteiger partial charge in [-0.3, -0.25) is 4.79 Å². The number of hydrogen-bond acceptors (Lipinski definition) is 5. The monoisotopic (exact) mass is 432 g/mol. The Balaban J connectivity index is 1.97. The largest absolute Gasteiger partial charge is 0.414 e. The van der Waals surface area contributed by atoms with Crippen molar-refractivity contribution in [1.29, 1.82) is 0 Å². The molecule has 0 bridgehead atoms. The van der Waals surface area contributed by atoms with E-state index < -0.39 is 35.0 Å². The van der Waals surface area contributed by atoms with E-state index in [4.69, 9.17) is 9.16 Å². The van der Waals surface area contributed by atoms with E-state index in [2.05, 4.69) is 33.9 Å². The fourth-order valence-electron chi connectivity index (χ4n) is 2.95. The molecule has 0 aliphatic carbocycles. The Morgan fingerprint density at radius 1 is 1.03 bits per heavy atom. The van der Waals surface area contributed by atoms with E-state index in [1.165, 1.54) is 12.1 Å². The number of ketones is 1. The van der Waals surface area contributed by atoms with Crippen molar-refractivity contribution in [1.82, 2.24) is 0 Å². The van der Waals surface area contributed by atoms with Crippen molar-refractivity contribution >= 4 is 23.9 Å². The summed E-state index contributed by atoms with van der Waals surface area (Å²) in [5.41, 5.74) is 0.307. The highest BCUT2D eigenvalue weighted by atomic mass is 32.2. The zero-order chi connectivity index (χ0) is 21.5. The van der Waals surface area contributed by atoms with Crippen molar-refractivity contribution in [3.05, 3.63) is 66.2 Å². The molecule has 0 spiro atoms. The van der Waals surface area contributed by atoms with Crippen LogP contribution in [0.3, 0.4) is 0 Å². The molecule has 1 heterocycles. The molecular weight excluding hydrogens is 404 g/mol. The van der Waals surface area contributed by atoms with E-state index >= 15 is 0 Å². The molecule has 0 radical (unpaired) electrons. The van der Waals surface area contributed by atoms with Crippen LogP contribution in [0.5, 0.6) is 0 Å². The van der Waals surface area contributed by atoms with Gasteiger partial charge in [0.1, 0.15) is 6.10 Å². The van der Waals surface area contributed by atoms with Crippen LogP contribution in [-0.4, -0.2) is 40.2 Å². The second-order valence-corrected chi connectivity index (χ2v) is 15.8. The lowest BCUT2D eigenvalue weighted by Crippen LogP contribution is -2.43. The van der Waals surface area contributed by atoms with Crippen LogP contribution in [0.15, 0.2) is 65.6 Å². The molecule has 7 heteroatoms. The van der Waals surface area contributed by atoms with Gasteiger partial charge < -0.3 is 9.16 Å². The van der Waals surface area contributed by atoms with Gasteiger partial charge >= 0.3 is 0 Å². The number of ether oxygens (including phenoxy) is 1. The lowest BCUT2D eigenvalue weighted by molar-refractivity contribution is 0.0930. The summed E-state index contributed by atoms with van der Waals surface area (Å²) in [6, 6.07) is 16.4. The smallest absolute Gasteiger partial charge is 0.265 e. The minimum Gasteiger partial charge on any atom is -0.414 e. The van der Waals surface area contributed by atoms with Gasteiger partial charge in [0, 0.05) is 5.56 Å². The lowest BCUT2D eigenvalue weighted by atomic mass is 10.1. The summed E-state index contributed by atoms with van der Waals surface area (Å²) < 4.78 is 38.8. The lowest BCUT2D eigenvalue weighted by Gasteiger charge is -2.36. The van der Waals surface area contributed by atoms with E-state index in [1.807, 2.05) is 0 Å². The summed E-state index contributed by atoms with van der Waals surface area (Å²) in [5.74, 6) is -0.550. The average Bonchev–Trinajstić information content (AvgIpc) is 3.43. The summed E-state index contributed by atoms with van der Waals surface area (Å²) in [7, 11) is -6.19. The molecule has 2 aromatic carbocycles. The highest BCUT2D eigenvalue weighted by Gasteiger charge is 2.72. The van der Waals surface area contributed by atoms with Crippen LogP contribution in [0.4, 0.5) is 0 Å². The fraction of sp³-hybridized carbons (Fsp3) is 0.409. The molecular formula is C22H28O5SSi. The zero-order valence-corrected chi connectivity index (χ0v) is 19.3. The van der Waals surface area contributed by atoms with Gasteiger partial charge in [0.25, 0.3) is 4.93 Å². The third-order valence-electron chi connectivity index (χ3n) is 5.89. The number of rotatable bonds is 7. The van der Waals surface area contributed by atoms with Crippen molar-refractivity contribution in [3.63, 3.8) is 0 Å². The molecule has 1 fully saturated rings. The normalized spacial score (nSPS) is 22.3. The van der Waals surface area contributed by atoms with E-state index in [0.717, 1.165) is 0 Å². The van der Waals surface area contributed by atoms with Crippen molar-refractivity contribution < 1.29 is 22.4 Å². The number of epoxide rings is 1. The molecule has 0 unspecified atom stereocenters. The summed E-state index contributed by atoms with van der Waals surface area (Å²) in [6.45, 7) is 10.6. The van der Waals surface area contributed by atoms with E-state index in [-0.39, 0.29) is 16.5 Å². The summed E-state index contributed by atoms with van der Waals surface area (Å²) in [5, 5.41) is -0.0354. The fourth-order valence-corrected chi connectivity index (χ4v) is 5.83. The summed E-state index contributed by atoms with van der Waals surface area (Å²) in [4.78, 5) is 11.5. The highest BCUT2D eigenvalue weighted by Crippen LogP contribution is 2.48. The van der Waals surface area contributed by atoms with Gasteiger partial charge in [-0.15, -0.1) is 0 Å². The molecule has 0 N–H and O–H groups in total. The first kappa shape index (κ1) is 21.9. The van der Waals surface area contributed by atoms with Crippen molar-refractivity contribution in [2.24, 2.45) is 0 Å². The minimum absolute atomic E-state index is 0.0354. The minimum atomic E-state index is -4.06. The Kier molecular flexibility index (Phi) is 5.64. The molecule has 2 aromatic rings. The van der Waals surface area contributed by atoms with Gasteiger partial charge in [-0.05, 0) is 30.3 Å². The van der Waals surface area contributed by atoms with Crippen molar-refractivity contribution in [2.45, 2.75) is 54.8 Å². The maximum absolute atomic E-state index is 13.5. The van der Waals surface area contributed by atoms with Crippen LogP contribution in [0.1, 0.15) is 31.1 Å². The Labute approximate surface area is 174 Å². The van der Waals surface area contributed by atoms with Crippen LogP contribution in [0.25, 0.3) is 0 Å². The molecule has 0 amide bonds. The molecule has 1 saturated heterocycles. The standard InChI is InChI=1S/C22H28O5SSi/c1-21(2,3)29(4,5)26-16-19-22(27-19,20(23)17-12-8-6-9-13-17)28(24,25)18-14-10-7-11-15-18/h6-15,19H,16H2,1-5H3/t19-,22+/m1/s1. The quantitative estimate of drug-likeness (QED) is 0.367. The SMILES string of the molecule is CC(C)(C)[Si](C)(C)OC[C@H]1O[C@]1(C(=O)c1ccccc1)S(=O)(=O)c1ccccc1. The van der Waals surface area contributed by atoms with E-state index in [1.54, 1.807) is 48.5 Å². The molecule has 156 valence electrons. The zero-order valence-electron chi connectivity index (χ0n) is 17.5. The van der Waals surface area contributed by atoms with Crippen LogP contribution in [0.2, 0.25) is 18.1 Å². The predicted molar refractivity (Wildman–Crippen MR) is 115 cm³/mol. The first-order valence-electron chi connectivity index (χ1n) is 9.65. The molecule has 5 nitrogen and oxygen atoms in total. The molecule has 1 aliphatic rings. The number of carbonyl (C=O) groups excluding carboxylic acids is 1. The van der Waals surface area contributed by atoms with Crippen LogP contribution >= 0.6 is 0 Å². The highest BCUT2D eigenvalue weighted by molar-refractivity contribution is 7.93. The van der Waals surface area contributed by atoms with E-state index in [9.17, 15) is 13.2 Å². The maximum Gasteiger partial charge on any atom is 0.265 e. The second kappa shape index (κ2) is 7.47. The second-order valence-electron chi connectivity index (χ2n) is 8.86. The maximum atomic E-state index is 13.5. The number of carbonyl (C=O) groups is 1. The molecule has 3 rings (SSSR count). The molecule has 2 atom stereocenters. The van der Waals surface area contributed by atoms with Gasteiger partial charge in [0.2, 0.25) is 15.6 Å². The van der Waals surface area contributed by atoms with Gasteiger partial charge in [-0.2, -0.15) is 0 Å². The number of sulfone groups is 1. The van der Waals surface area contributed by atoms with Crippen molar-refractivity contribution in [3.8, 4) is 0 Å². The van der Waals surface area contributed by atoms with E-state index in [0.29, 0.717) is 5.56 Å². The van der Waals surface area contributed by atoms with Gasteiger partial charge in [0.15, 0.2) is 8.32 Å².